The van der Waals surface area contributed by atoms with Crippen LogP contribution in [0.15, 0.2) is 60.8 Å². The molecule has 0 fully saturated rings. The molecular formula is C24H20ClF3N2O2. The highest BCUT2D eigenvalue weighted by Gasteiger charge is 2.30. The average molecular weight is 461 g/mol. The molecule has 2 aromatic heterocycles. The minimum absolute atomic E-state index is 0.0490. The fraction of sp³-hybridized carbons (Fsp3) is 0.208. The van der Waals surface area contributed by atoms with Gasteiger partial charge in [0.1, 0.15) is 5.75 Å². The van der Waals surface area contributed by atoms with Crippen molar-refractivity contribution in [3.8, 4) is 22.7 Å². The second-order valence-electron chi connectivity index (χ2n) is 7.58. The molecule has 0 saturated carbocycles. The fourth-order valence-electron chi connectivity index (χ4n) is 3.58. The van der Waals surface area contributed by atoms with Gasteiger partial charge in [0.15, 0.2) is 0 Å². The number of hydrogen-bond donors (Lipinski definition) is 1. The summed E-state index contributed by atoms with van der Waals surface area (Å²) in [7, 11) is 0. The summed E-state index contributed by atoms with van der Waals surface area (Å²) in [5.41, 5.74) is 2.27. The van der Waals surface area contributed by atoms with Crippen molar-refractivity contribution in [1.82, 2.24) is 9.55 Å². The van der Waals surface area contributed by atoms with E-state index in [0.29, 0.717) is 27.4 Å². The van der Waals surface area contributed by atoms with E-state index in [2.05, 4.69) is 4.98 Å². The molecule has 4 rings (SSSR count). The summed E-state index contributed by atoms with van der Waals surface area (Å²) >= 11 is 6.58. The second-order valence-corrected chi connectivity index (χ2v) is 7.95. The Balaban J connectivity index is 1.78. The molecule has 4 aromatic rings. The summed E-state index contributed by atoms with van der Waals surface area (Å²) in [6.07, 6.45) is -3.58. The van der Waals surface area contributed by atoms with E-state index in [1.807, 2.05) is 48.7 Å². The van der Waals surface area contributed by atoms with Gasteiger partial charge in [0.2, 0.25) is 0 Å². The van der Waals surface area contributed by atoms with Gasteiger partial charge in [-0.1, -0.05) is 17.7 Å². The predicted molar refractivity (Wildman–Crippen MR) is 118 cm³/mol. The number of aromatic nitrogens is 2. The smallest absolute Gasteiger partial charge is 0.417 e. The van der Waals surface area contributed by atoms with E-state index in [1.54, 1.807) is 12.1 Å². The van der Waals surface area contributed by atoms with Crippen LogP contribution in [0.4, 0.5) is 13.2 Å². The summed E-state index contributed by atoms with van der Waals surface area (Å²) < 4.78 is 46.0. The standard InChI is InChI=1S/C24H20ClF3N2O2/c1-14(2)32-18-7-5-17(6-8-18)30-21-10-3-15(11-19(21)23(25)22(30)13-31)20-9-4-16(12-29-20)24(26,27)28/h3-12,14,31H,13H2,1-2H3. The SMILES string of the molecule is CC(C)Oc1ccc(-n2c(CO)c(Cl)c3cc(-c4ccc(C(F)(F)F)cn4)ccc32)cc1. The lowest BCUT2D eigenvalue weighted by molar-refractivity contribution is -0.137. The molecule has 0 bridgehead atoms. The maximum atomic E-state index is 12.8. The highest BCUT2D eigenvalue weighted by atomic mass is 35.5. The number of alkyl halides is 3. The van der Waals surface area contributed by atoms with E-state index in [1.165, 1.54) is 6.07 Å². The molecule has 2 aromatic carbocycles. The first-order valence-corrected chi connectivity index (χ1v) is 10.3. The van der Waals surface area contributed by atoms with Crippen molar-refractivity contribution in [1.29, 1.82) is 0 Å². The highest BCUT2D eigenvalue weighted by Crippen LogP contribution is 2.37. The number of benzene rings is 2. The van der Waals surface area contributed by atoms with Crippen molar-refractivity contribution < 1.29 is 23.0 Å². The van der Waals surface area contributed by atoms with Crippen molar-refractivity contribution in [2.75, 3.05) is 0 Å². The average Bonchev–Trinajstić information content (AvgIpc) is 3.04. The van der Waals surface area contributed by atoms with Crippen LogP contribution in [0, 0.1) is 0 Å². The Labute approximate surface area is 187 Å². The summed E-state index contributed by atoms with van der Waals surface area (Å²) in [4.78, 5) is 3.96. The molecule has 0 spiro atoms. The topological polar surface area (TPSA) is 47.3 Å². The summed E-state index contributed by atoms with van der Waals surface area (Å²) in [6.45, 7) is 3.60. The van der Waals surface area contributed by atoms with Crippen LogP contribution in [0.3, 0.4) is 0 Å². The molecule has 0 unspecified atom stereocenters. The van der Waals surface area contributed by atoms with Crippen LogP contribution in [0.1, 0.15) is 25.1 Å². The number of fused-ring (bicyclic) bond motifs is 1. The lowest BCUT2D eigenvalue weighted by atomic mass is 10.1. The number of halogens is 4. The van der Waals surface area contributed by atoms with Gasteiger partial charge in [0, 0.05) is 22.8 Å². The summed E-state index contributed by atoms with van der Waals surface area (Å²) in [5.74, 6) is 0.729. The van der Waals surface area contributed by atoms with Gasteiger partial charge in [-0.05, 0) is 62.4 Å². The Kier molecular flexibility index (Phi) is 5.88. The molecule has 2 heterocycles. The van der Waals surface area contributed by atoms with Gasteiger partial charge in [0.05, 0.1) is 40.2 Å². The first-order chi connectivity index (χ1) is 15.2. The lowest BCUT2D eigenvalue weighted by Gasteiger charge is -2.13. The van der Waals surface area contributed by atoms with E-state index in [9.17, 15) is 18.3 Å². The number of aliphatic hydroxyl groups is 1. The minimum Gasteiger partial charge on any atom is -0.491 e. The van der Waals surface area contributed by atoms with Crippen LogP contribution in [0.2, 0.25) is 5.02 Å². The third-order valence-corrected chi connectivity index (χ3v) is 5.42. The Bertz CT molecular complexity index is 1250. The first kappa shape index (κ1) is 22.2. The molecule has 0 saturated heterocycles. The van der Waals surface area contributed by atoms with Crippen LogP contribution >= 0.6 is 11.6 Å². The lowest BCUT2D eigenvalue weighted by Crippen LogP contribution is -2.06. The molecule has 0 aliphatic heterocycles. The highest BCUT2D eigenvalue weighted by molar-refractivity contribution is 6.36. The van der Waals surface area contributed by atoms with Gasteiger partial charge in [-0.2, -0.15) is 13.2 Å². The van der Waals surface area contributed by atoms with Crippen molar-refractivity contribution in [3.05, 3.63) is 77.1 Å². The largest absolute Gasteiger partial charge is 0.491 e. The van der Waals surface area contributed by atoms with Crippen molar-refractivity contribution in [3.63, 3.8) is 0 Å². The maximum Gasteiger partial charge on any atom is 0.417 e. The van der Waals surface area contributed by atoms with Crippen LogP contribution in [0.5, 0.6) is 5.75 Å². The van der Waals surface area contributed by atoms with E-state index in [-0.39, 0.29) is 12.7 Å². The number of aliphatic hydroxyl groups excluding tert-OH is 1. The predicted octanol–water partition coefficient (Wildman–Crippen LogP) is 6.64. The Morgan fingerprint density at radius 2 is 1.78 bits per heavy atom. The maximum absolute atomic E-state index is 12.8. The van der Waals surface area contributed by atoms with Crippen LogP contribution < -0.4 is 4.74 Å². The number of pyridine rings is 1. The van der Waals surface area contributed by atoms with Crippen LogP contribution in [0.25, 0.3) is 27.8 Å². The Hall–Kier alpha value is -3.03. The number of nitrogens with zero attached hydrogens (tertiary/aromatic N) is 2. The normalized spacial score (nSPS) is 12.0. The van der Waals surface area contributed by atoms with E-state index < -0.39 is 11.7 Å². The molecule has 0 amide bonds. The molecule has 1 N–H and O–H groups in total. The van der Waals surface area contributed by atoms with Crippen molar-refractivity contribution >= 4 is 22.5 Å². The molecule has 166 valence electrons. The number of rotatable bonds is 5. The minimum atomic E-state index is -4.44. The van der Waals surface area contributed by atoms with E-state index >= 15 is 0 Å². The zero-order valence-electron chi connectivity index (χ0n) is 17.3. The van der Waals surface area contributed by atoms with Gasteiger partial charge in [-0.3, -0.25) is 4.98 Å². The number of hydrogen-bond acceptors (Lipinski definition) is 3. The monoisotopic (exact) mass is 460 g/mol. The Morgan fingerprint density at radius 3 is 2.34 bits per heavy atom. The van der Waals surface area contributed by atoms with Crippen molar-refractivity contribution in [2.45, 2.75) is 32.7 Å². The molecule has 32 heavy (non-hydrogen) atoms. The molecular weight excluding hydrogens is 441 g/mol. The molecule has 0 radical (unpaired) electrons. The summed E-state index contributed by atoms with van der Waals surface area (Å²) in [6, 6.07) is 15.1. The second kappa shape index (κ2) is 8.48. The van der Waals surface area contributed by atoms with Gasteiger partial charge < -0.3 is 14.4 Å². The zero-order chi connectivity index (χ0) is 23.0. The van der Waals surface area contributed by atoms with Gasteiger partial charge >= 0.3 is 6.18 Å². The summed E-state index contributed by atoms with van der Waals surface area (Å²) in [5, 5.41) is 11.0. The van der Waals surface area contributed by atoms with Crippen LogP contribution in [-0.2, 0) is 12.8 Å². The van der Waals surface area contributed by atoms with E-state index in [4.69, 9.17) is 16.3 Å². The molecule has 0 aliphatic carbocycles. The third kappa shape index (κ3) is 4.18. The van der Waals surface area contributed by atoms with Gasteiger partial charge in [0.25, 0.3) is 0 Å². The molecule has 8 heteroatoms. The fourth-order valence-corrected chi connectivity index (χ4v) is 3.87. The third-order valence-electron chi connectivity index (χ3n) is 5.00. The molecule has 0 aliphatic rings. The zero-order valence-corrected chi connectivity index (χ0v) is 18.1. The van der Waals surface area contributed by atoms with E-state index in [0.717, 1.165) is 29.2 Å². The molecule has 4 nitrogen and oxygen atoms in total. The Morgan fingerprint density at radius 1 is 1.06 bits per heavy atom. The number of ether oxygens (including phenoxy) is 1. The quantitative estimate of drug-likeness (QED) is 0.363. The first-order valence-electron chi connectivity index (χ1n) is 9.93. The van der Waals surface area contributed by atoms with Crippen molar-refractivity contribution in [2.24, 2.45) is 0 Å². The van der Waals surface area contributed by atoms with Gasteiger partial charge in [-0.25, -0.2) is 0 Å². The molecule has 0 atom stereocenters. The van der Waals surface area contributed by atoms with Gasteiger partial charge in [-0.15, -0.1) is 0 Å². The van der Waals surface area contributed by atoms with Crippen LogP contribution in [-0.4, -0.2) is 20.8 Å².